The summed E-state index contributed by atoms with van der Waals surface area (Å²) >= 11 is 0. The summed E-state index contributed by atoms with van der Waals surface area (Å²) in [5.41, 5.74) is 3.94. The predicted octanol–water partition coefficient (Wildman–Crippen LogP) is 3.10. The normalized spacial score (nSPS) is 17.0. The zero-order chi connectivity index (χ0) is 11.0. The molecule has 0 spiro atoms. The van der Waals surface area contributed by atoms with Gasteiger partial charge in [-0.3, -0.25) is 0 Å². The Morgan fingerprint density at radius 3 is 2.72 bits per heavy atom. The van der Waals surface area contributed by atoms with Gasteiger partial charge in [-0.05, 0) is 31.2 Å². The molecule has 0 unspecified atom stereocenters. The van der Waals surface area contributed by atoms with Gasteiger partial charge < -0.3 is 15.7 Å². The molecule has 2 aliphatic rings. The number of hydrogen-bond acceptors (Lipinski definition) is 3. The second-order valence-electron chi connectivity index (χ2n) is 4.07. The average Bonchev–Trinajstić information content (AvgIpc) is 2.55. The summed E-state index contributed by atoms with van der Waals surface area (Å²) in [5, 5.41) is 16.9. The Morgan fingerprint density at radius 1 is 1.11 bits per heavy atom. The van der Waals surface area contributed by atoms with Crippen LogP contribution < -0.4 is 10.6 Å². The minimum Gasteiger partial charge on any atom is -0.507 e. The monoisotopic (exact) mass is 286 g/mol. The van der Waals surface area contributed by atoms with E-state index in [0.29, 0.717) is 5.76 Å². The fourth-order valence-electron chi connectivity index (χ4n) is 2.23. The maximum absolute atomic E-state index is 10.3. The Hall–Kier alpha value is -1.16. The lowest BCUT2D eigenvalue weighted by atomic mass is 9.97. The number of benzene rings is 1. The van der Waals surface area contributed by atoms with Gasteiger partial charge in [-0.15, -0.1) is 24.8 Å². The molecule has 3 nitrogen and oxygen atoms in total. The van der Waals surface area contributed by atoms with Crippen molar-refractivity contribution in [3.05, 3.63) is 47.2 Å². The molecule has 0 amide bonds. The Bertz CT molecular complexity index is 498. The molecule has 0 aliphatic carbocycles. The highest BCUT2D eigenvalue weighted by molar-refractivity contribution is 5.85. The van der Waals surface area contributed by atoms with E-state index in [0.717, 1.165) is 42.0 Å². The van der Waals surface area contributed by atoms with Crippen molar-refractivity contribution in [2.24, 2.45) is 0 Å². The van der Waals surface area contributed by atoms with Gasteiger partial charge in [-0.2, -0.15) is 0 Å². The second-order valence-corrected chi connectivity index (χ2v) is 4.07. The van der Waals surface area contributed by atoms with Gasteiger partial charge in [0.1, 0.15) is 5.76 Å². The van der Waals surface area contributed by atoms with E-state index in [1.165, 1.54) is 0 Å². The summed E-state index contributed by atoms with van der Waals surface area (Å²) in [6, 6.07) is 7.85. The smallest absolute Gasteiger partial charge is 0.130 e. The summed E-state index contributed by atoms with van der Waals surface area (Å²) in [5.74, 6) is 0.421. The van der Waals surface area contributed by atoms with Gasteiger partial charge in [0.25, 0.3) is 0 Å². The highest BCUT2D eigenvalue weighted by atomic mass is 35.5. The molecule has 0 fully saturated rings. The lowest BCUT2D eigenvalue weighted by molar-refractivity contribution is 0.503. The number of fused-ring (bicyclic) bond motifs is 2. The van der Waals surface area contributed by atoms with Crippen LogP contribution in [0, 0.1) is 0 Å². The lowest BCUT2D eigenvalue weighted by Crippen LogP contribution is -2.14. The number of aliphatic hydroxyl groups excluding tert-OH is 1. The van der Waals surface area contributed by atoms with Gasteiger partial charge in [0.05, 0.1) is 0 Å². The number of anilines is 1. The molecule has 0 bridgehead atoms. The minimum atomic E-state index is 0. The van der Waals surface area contributed by atoms with Gasteiger partial charge in [-0.1, -0.05) is 12.1 Å². The molecule has 2 heterocycles. The fourth-order valence-corrected chi connectivity index (χ4v) is 2.23. The molecule has 0 atom stereocenters. The zero-order valence-corrected chi connectivity index (χ0v) is 11.4. The van der Waals surface area contributed by atoms with Crippen molar-refractivity contribution in [1.29, 1.82) is 0 Å². The number of allylic oxidation sites excluding steroid dienone is 1. The van der Waals surface area contributed by atoms with Crippen LogP contribution in [0.25, 0.3) is 5.76 Å². The van der Waals surface area contributed by atoms with Crippen LogP contribution in [0.3, 0.4) is 0 Å². The predicted molar refractivity (Wildman–Crippen MR) is 79.7 cm³/mol. The summed E-state index contributed by atoms with van der Waals surface area (Å²) < 4.78 is 0. The molecule has 1 aromatic rings. The van der Waals surface area contributed by atoms with Gasteiger partial charge in [-0.25, -0.2) is 0 Å². The summed E-state index contributed by atoms with van der Waals surface area (Å²) in [7, 11) is 0. The standard InChI is InChI=1S/C13H14N2O.2ClH/c16-13-9-3-1-2-4-11(9)15-12-6-8-14-7-5-10(12)13;;/h1-4,6,14-16H,5,7-8H2;2*1H. The van der Waals surface area contributed by atoms with E-state index in [2.05, 4.69) is 16.7 Å². The van der Waals surface area contributed by atoms with Crippen LogP contribution in [0.15, 0.2) is 41.6 Å². The molecule has 0 radical (unpaired) electrons. The third-order valence-electron chi connectivity index (χ3n) is 3.06. The van der Waals surface area contributed by atoms with E-state index < -0.39 is 0 Å². The minimum absolute atomic E-state index is 0. The van der Waals surface area contributed by atoms with Gasteiger partial charge in [0, 0.05) is 29.1 Å². The van der Waals surface area contributed by atoms with Crippen molar-refractivity contribution in [2.45, 2.75) is 6.42 Å². The first-order valence-corrected chi connectivity index (χ1v) is 5.56. The average molecular weight is 287 g/mol. The summed E-state index contributed by atoms with van der Waals surface area (Å²) in [6.45, 7) is 1.75. The van der Waals surface area contributed by atoms with Crippen molar-refractivity contribution >= 4 is 36.3 Å². The number of hydrogen-bond donors (Lipinski definition) is 3. The zero-order valence-electron chi connectivity index (χ0n) is 9.77. The Kier molecular flexibility index (Phi) is 5.08. The number of aliphatic hydroxyl groups is 1. The van der Waals surface area contributed by atoms with E-state index >= 15 is 0 Å². The summed E-state index contributed by atoms with van der Waals surface area (Å²) in [6.07, 6.45) is 2.95. The lowest BCUT2D eigenvalue weighted by Gasteiger charge is -2.23. The highest BCUT2D eigenvalue weighted by Gasteiger charge is 2.22. The largest absolute Gasteiger partial charge is 0.507 e. The molecular formula is C13H16Cl2N2O. The quantitative estimate of drug-likeness (QED) is 0.687. The van der Waals surface area contributed by atoms with E-state index in [-0.39, 0.29) is 24.8 Å². The van der Waals surface area contributed by atoms with Crippen LogP contribution in [0.5, 0.6) is 0 Å². The molecular weight excluding hydrogens is 271 g/mol. The molecule has 2 aliphatic heterocycles. The van der Waals surface area contributed by atoms with E-state index in [9.17, 15) is 5.11 Å². The van der Waals surface area contributed by atoms with Gasteiger partial charge >= 0.3 is 0 Å². The SMILES string of the molecule is Cl.Cl.OC1=C2CCNCC=C2Nc2ccccc21. The topological polar surface area (TPSA) is 44.3 Å². The molecule has 0 saturated carbocycles. The van der Waals surface area contributed by atoms with Crippen LogP contribution in [0.4, 0.5) is 5.69 Å². The van der Waals surface area contributed by atoms with Gasteiger partial charge in [0.2, 0.25) is 0 Å². The first kappa shape index (κ1) is 14.9. The number of rotatable bonds is 0. The van der Waals surface area contributed by atoms with Crippen molar-refractivity contribution < 1.29 is 5.11 Å². The Labute approximate surface area is 119 Å². The number of para-hydroxylation sites is 1. The molecule has 18 heavy (non-hydrogen) atoms. The van der Waals surface area contributed by atoms with E-state index in [1.807, 2.05) is 24.3 Å². The molecule has 1 aromatic carbocycles. The third kappa shape index (κ3) is 2.48. The van der Waals surface area contributed by atoms with Gasteiger partial charge in [0.15, 0.2) is 0 Å². The highest BCUT2D eigenvalue weighted by Crippen LogP contribution is 2.35. The maximum Gasteiger partial charge on any atom is 0.130 e. The Morgan fingerprint density at radius 2 is 1.89 bits per heavy atom. The van der Waals surface area contributed by atoms with Crippen molar-refractivity contribution in [3.8, 4) is 0 Å². The molecule has 0 aromatic heterocycles. The number of halogens is 2. The molecule has 3 N–H and O–H groups in total. The molecule has 98 valence electrons. The van der Waals surface area contributed by atoms with Crippen LogP contribution in [-0.2, 0) is 0 Å². The molecule has 5 heteroatoms. The Balaban J connectivity index is 0.000000810. The van der Waals surface area contributed by atoms with Crippen LogP contribution in [0.2, 0.25) is 0 Å². The van der Waals surface area contributed by atoms with E-state index in [1.54, 1.807) is 0 Å². The third-order valence-corrected chi connectivity index (χ3v) is 3.06. The fraction of sp³-hybridized carbons (Fsp3) is 0.231. The van der Waals surface area contributed by atoms with E-state index in [4.69, 9.17) is 0 Å². The number of nitrogens with one attached hydrogen (secondary N) is 2. The molecule has 3 rings (SSSR count). The summed E-state index contributed by atoms with van der Waals surface area (Å²) in [4.78, 5) is 0. The molecule has 0 saturated heterocycles. The second kappa shape index (κ2) is 6.14. The first-order chi connectivity index (χ1) is 7.86. The van der Waals surface area contributed by atoms with Crippen LogP contribution >= 0.6 is 24.8 Å². The van der Waals surface area contributed by atoms with Crippen LogP contribution in [0.1, 0.15) is 12.0 Å². The van der Waals surface area contributed by atoms with Crippen LogP contribution in [-0.4, -0.2) is 18.2 Å². The van der Waals surface area contributed by atoms with Crippen molar-refractivity contribution in [3.63, 3.8) is 0 Å². The maximum atomic E-state index is 10.3. The first-order valence-electron chi connectivity index (χ1n) is 5.56. The van der Waals surface area contributed by atoms with Crippen molar-refractivity contribution in [1.82, 2.24) is 5.32 Å². The van der Waals surface area contributed by atoms with Crippen molar-refractivity contribution in [2.75, 3.05) is 18.4 Å².